The Bertz CT molecular complexity index is 999. The van der Waals surface area contributed by atoms with Gasteiger partial charge >= 0.3 is 0 Å². The summed E-state index contributed by atoms with van der Waals surface area (Å²) in [4.78, 5) is 32.2. The minimum Gasteiger partial charge on any atom is -0.364 e. The molecule has 0 aliphatic heterocycles. The third-order valence-corrected chi connectivity index (χ3v) is 4.83. The number of fused-ring (bicyclic) bond motifs is 1. The van der Waals surface area contributed by atoms with Crippen molar-refractivity contribution in [3.63, 3.8) is 0 Å². The summed E-state index contributed by atoms with van der Waals surface area (Å²) >= 11 is 0. The van der Waals surface area contributed by atoms with E-state index >= 15 is 0 Å². The highest BCUT2D eigenvalue weighted by Crippen LogP contribution is 2.26. The van der Waals surface area contributed by atoms with Crippen molar-refractivity contribution >= 4 is 22.7 Å². The molecule has 0 bridgehead atoms. The molecule has 3 aromatic rings. The third-order valence-electron chi connectivity index (χ3n) is 4.83. The Morgan fingerprint density at radius 3 is 2.52 bits per heavy atom. The average molecular weight is 390 g/mol. The highest BCUT2D eigenvalue weighted by atomic mass is 16.2. The van der Waals surface area contributed by atoms with Gasteiger partial charge in [0.05, 0.1) is 11.9 Å². The molecule has 1 aromatic carbocycles. The minimum absolute atomic E-state index is 0.0360. The van der Waals surface area contributed by atoms with Gasteiger partial charge in [0.25, 0.3) is 5.91 Å². The second kappa shape index (κ2) is 9.78. The lowest BCUT2D eigenvalue weighted by molar-refractivity contribution is -0.120. The second-order valence-corrected chi connectivity index (χ2v) is 7.10. The number of nitrogens with two attached hydrogens (primary N) is 1. The van der Waals surface area contributed by atoms with Crippen LogP contribution in [-0.4, -0.2) is 28.3 Å². The van der Waals surface area contributed by atoms with E-state index in [1.54, 1.807) is 24.5 Å². The lowest BCUT2D eigenvalue weighted by Crippen LogP contribution is -2.26. The predicted octanol–water partition coefficient (Wildman–Crippen LogP) is 3.63. The van der Waals surface area contributed by atoms with Crippen LogP contribution in [0, 0.1) is 0 Å². The van der Waals surface area contributed by atoms with Crippen LogP contribution < -0.4 is 11.1 Å². The van der Waals surface area contributed by atoms with Gasteiger partial charge in [0, 0.05) is 29.9 Å². The van der Waals surface area contributed by atoms with Crippen LogP contribution in [0.5, 0.6) is 0 Å². The van der Waals surface area contributed by atoms with Crippen LogP contribution in [0.1, 0.15) is 48.7 Å². The fraction of sp³-hybridized carbons (Fsp3) is 0.304. The quantitative estimate of drug-likeness (QED) is 0.545. The summed E-state index contributed by atoms with van der Waals surface area (Å²) in [6, 6.07) is 11.1. The van der Waals surface area contributed by atoms with Crippen LogP contribution in [0.3, 0.4) is 0 Å². The van der Waals surface area contributed by atoms with Crippen molar-refractivity contribution in [1.82, 2.24) is 15.3 Å². The topological polar surface area (TPSA) is 98.0 Å². The van der Waals surface area contributed by atoms with Gasteiger partial charge in [0.1, 0.15) is 5.69 Å². The maximum Gasteiger partial charge on any atom is 0.267 e. The number of hydrogen-bond acceptors (Lipinski definition) is 4. The van der Waals surface area contributed by atoms with E-state index in [1.165, 1.54) is 12.8 Å². The zero-order chi connectivity index (χ0) is 20.6. The summed E-state index contributed by atoms with van der Waals surface area (Å²) < 4.78 is 0. The first kappa shape index (κ1) is 20.5. The van der Waals surface area contributed by atoms with Crippen molar-refractivity contribution in [2.75, 3.05) is 6.54 Å². The molecular formula is C23H26N4O2. The number of unbranched alkanes of at least 4 members (excludes halogenated alkanes) is 3. The number of primary amides is 1. The fourth-order valence-electron chi connectivity index (χ4n) is 3.22. The summed E-state index contributed by atoms with van der Waals surface area (Å²) in [5, 5.41) is 3.81. The number of carbonyl (C=O) groups excluding carboxylic acids is 2. The van der Waals surface area contributed by atoms with Gasteiger partial charge < -0.3 is 11.1 Å². The van der Waals surface area contributed by atoms with E-state index in [9.17, 15) is 9.59 Å². The van der Waals surface area contributed by atoms with Crippen molar-refractivity contribution < 1.29 is 9.59 Å². The maximum atomic E-state index is 12.1. The van der Waals surface area contributed by atoms with E-state index < -0.39 is 5.91 Å². The maximum absolute atomic E-state index is 12.1. The molecule has 0 unspecified atom stereocenters. The van der Waals surface area contributed by atoms with Crippen molar-refractivity contribution in [2.45, 2.75) is 39.0 Å². The molecule has 3 rings (SSSR count). The first-order valence-corrected chi connectivity index (χ1v) is 9.99. The Kier molecular flexibility index (Phi) is 6.89. The van der Waals surface area contributed by atoms with Crippen molar-refractivity contribution in [3.8, 4) is 11.1 Å². The molecule has 2 aromatic heterocycles. The molecule has 6 nitrogen and oxygen atoms in total. The Hall–Kier alpha value is -3.28. The van der Waals surface area contributed by atoms with E-state index in [-0.39, 0.29) is 11.6 Å². The molecule has 0 aliphatic rings. The lowest BCUT2D eigenvalue weighted by atomic mass is 10.0. The largest absolute Gasteiger partial charge is 0.364 e. The van der Waals surface area contributed by atoms with Gasteiger partial charge in [-0.15, -0.1) is 0 Å². The number of nitrogens with one attached hydrogen (secondary N) is 1. The van der Waals surface area contributed by atoms with Crippen molar-refractivity contribution in [1.29, 1.82) is 0 Å². The molecule has 0 fully saturated rings. The Morgan fingerprint density at radius 1 is 1.00 bits per heavy atom. The molecule has 0 radical (unpaired) electrons. The summed E-state index contributed by atoms with van der Waals surface area (Å²) in [6.45, 7) is 2.90. The van der Waals surface area contributed by atoms with Gasteiger partial charge in [-0.3, -0.25) is 14.6 Å². The lowest BCUT2D eigenvalue weighted by Gasteiger charge is -2.08. The molecule has 3 N–H and O–H groups in total. The molecule has 6 heteroatoms. The highest BCUT2D eigenvalue weighted by Gasteiger charge is 2.10. The van der Waals surface area contributed by atoms with Crippen LogP contribution in [-0.2, 0) is 11.2 Å². The molecular weight excluding hydrogens is 364 g/mol. The monoisotopic (exact) mass is 390 g/mol. The minimum atomic E-state index is -0.564. The second-order valence-electron chi connectivity index (χ2n) is 7.10. The zero-order valence-corrected chi connectivity index (χ0v) is 16.6. The van der Waals surface area contributed by atoms with E-state index in [0.717, 1.165) is 41.5 Å². The number of rotatable bonds is 9. The van der Waals surface area contributed by atoms with Gasteiger partial charge in [-0.25, -0.2) is 4.98 Å². The number of carbonyl (C=O) groups is 2. The predicted molar refractivity (Wildman–Crippen MR) is 114 cm³/mol. The standard InChI is InChI=1S/C23H26N4O2/c1-2-3-4-5-12-26-21(28)13-16-6-8-17(9-7-16)19-15-25-14-18-10-11-20(23(24)29)27-22(18)19/h6-11,14-15H,2-5,12-13H2,1H3,(H2,24,29)(H,26,28). The van der Waals surface area contributed by atoms with Crippen LogP contribution in [0.4, 0.5) is 0 Å². The first-order valence-electron chi connectivity index (χ1n) is 9.99. The molecule has 2 amide bonds. The SMILES string of the molecule is CCCCCCNC(=O)Cc1ccc(-c2cncc3ccc(C(N)=O)nc23)cc1. The highest BCUT2D eigenvalue weighted by molar-refractivity contribution is 5.97. The Balaban J connectivity index is 1.71. The molecule has 150 valence electrons. The number of amides is 2. The molecule has 0 saturated heterocycles. The van der Waals surface area contributed by atoms with Crippen LogP contribution in [0.25, 0.3) is 22.0 Å². The first-order chi connectivity index (χ1) is 14.1. The van der Waals surface area contributed by atoms with Gasteiger partial charge in [0.2, 0.25) is 5.91 Å². The molecule has 0 spiro atoms. The van der Waals surface area contributed by atoms with E-state index in [2.05, 4.69) is 22.2 Å². The molecule has 0 aliphatic carbocycles. The number of nitrogens with zero attached hydrogens (tertiary/aromatic N) is 2. The van der Waals surface area contributed by atoms with Gasteiger partial charge in [-0.1, -0.05) is 50.5 Å². The average Bonchev–Trinajstić information content (AvgIpc) is 2.73. The summed E-state index contributed by atoms with van der Waals surface area (Å²) in [6.07, 6.45) is 8.34. The van der Waals surface area contributed by atoms with Crippen LogP contribution >= 0.6 is 0 Å². The molecule has 29 heavy (non-hydrogen) atoms. The van der Waals surface area contributed by atoms with E-state index in [1.807, 2.05) is 24.3 Å². The third kappa shape index (κ3) is 5.38. The summed E-state index contributed by atoms with van der Waals surface area (Å²) in [5.41, 5.74) is 8.94. The van der Waals surface area contributed by atoms with Crippen molar-refractivity contribution in [3.05, 3.63) is 60.0 Å². The van der Waals surface area contributed by atoms with Crippen LogP contribution in [0.15, 0.2) is 48.8 Å². The number of hydrogen-bond donors (Lipinski definition) is 2. The summed E-state index contributed by atoms with van der Waals surface area (Å²) in [7, 11) is 0. The smallest absolute Gasteiger partial charge is 0.267 e. The number of pyridine rings is 2. The van der Waals surface area contributed by atoms with E-state index in [0.29, 0.717) is 11.9 Å². The van der Waals surface area contributed by atoms with Gasteiger partial charge in [-0.2, -0.15) is 0 Å². The zero-order valence-electron chi connectivity index (χ0n) is 16.6. The molecule has 0 atom stereocenters. The molecule has 2 heterocycles. The number of benzene rings is 1. The normalized spacial score (nSPS) is 10.8. The fourth-order valence-corrected chi connectivity index (χ4v) is 3.22. The molecule has 0 saturated carbocycles. The van der Waals surface area contributed by atoms with E-state index in [4.69, 9.17) is 5.73 Å². The van der Waals surface area contributed by atoms with Gasteiger partial charge in [-0.05, 0) is 29.7 Å². The number of aromatic nitrogens is 2. The van der Waals surface area contributed by atoms with Crippen molar-refractivity contribution in [2.24, 2.45) is 5.73 Å². The van der Waals surface area contributed by atoms with Crippen LogP contribution in [0.2, 0.25) is 0 Å². The summed E-state index contributed by atoms with van der Waals surface area (Å²) in [5.74, 6) is -0.528. The van der Waals surface area contributed by atoms with Gasteiger partial charge in [0.15, 0.2) is 0 Å². The Morgan fingerprint density at radius 2 is 1.79 bits per heavy atom. The Labute approximate surface area is 170 Å².